The summed E-state index contributed by atoms with van der Waals surface area (Å²) in [5, 5.41) is 0. The van der Waals surface area contributed by atoms with Gasteiger partial charge in [-0.3, -0.25) is 0 Å². The molecule has 4 aromatic carbocycles. The second kappa shape index (κ2) is 11.3. The third-order valence-electron chi connectivity index (χ3n) is 5.09. The first-order valence-corrected chi connectivity index (χ1v) is 11.6. The average molecular weight is 451 g/mol. The van der Waals surface area contributed by atoms with E-state index in [1.165, 1.54) is 0 Å². The van der Waals surface area contributed by atoms with Crippen LogP contribution in [0.2, 0.25) is 0 Å². The summed E-state index contributed by atoms with van der Waals surface area (Å²) in [6, 6.07) is 36.4. The van der Waals surface area contributed by atoms with Crippen molar-refractivity contribution in [2.75, 3.05) is 0 Å². The number of benzene rings is 4. The molecule has 0 fully saturated rings. The van der Waals surface area contributed by atoms with Crippen LogP contribution in [-0.4, -0.2) is 0 Å². The highest BCUT2D eigenvalue weighted by Gasteiger charge is 2.10. The van der Waals surface area contributed by atoms with Gasteiger partial charge in [0.05, 0.1) is 0 Å². The van der Waals surface area contributed by atoms with Crippen LogP contribution in [0.1, 0.15) is 23.3 Å². The van der Waals surface area contributed by atoms with E-state index >= 15 is 0 Å². The van der Waals surface area contributed by atoms with Crippen LogP contribution in [0.25, 0.3) is 0 Å². The van der Waals surface area contributed by atoms with Crippen LogP contribution in [0, 0.1) is 0 Å². The van der Waals surface area contributed by atoms with Gasteiger partial charge in [0.2, 0.25) is 0 Å². The summed E-state index contributed by atoms with van der Waals surface area (Å²) in [6.07, 6.45) is 3.28. The maximum Gasteiger partial charge on any atom is 0.142 e. The van der Waals surface area contributed by atoms with E-state index in [2.05, 4.69) is 37.4 Å². The number of hydrogen-bond acceptors (Lipinski definition) is 3. The molecule has 4 rings (SSSR count). The van der Waals surface area contributed by atoms with E-state index in [0.29, 0.717) is 0 Å². The topological polar surface area (TPSA) is 18.5 Å². The fourth-order valence-corrected chi connectivity index (χ4v) is 4.21. The highest BCUT2D eigenvalue weighted by Crippen LogP contribution is 2.32. The standard InChI is InChI=1S/C30H26O2S/c1-3-29(23-11-7-5-8-12-23)31-25-15-19-27(20-16-25)33-28-21-17-26(18-22-28)32-30(4-2)24-13-9-6-10-14-24/h3-22,29-30H,1-2H2. The van der Waals surface area contributed by atoms with Crippen LogP contribution in [0.4, 0.5) is 0 Å². The lowest BCUT2D eigenvalue weighted by atomic mass is 10.1. The van der Waals surface area contributed by atoms with Gasteiger partial charge in [-0.25, -0.2) is 0 Å². The van der Waals surface area contributed by atoms with Gasteiger partial charge in [-0.2, -0.15) is 0 Å². The van der Waals surface area contributed by atoms with Crippen LogP contribution in [-0.2, 0) is 0 Å². The Labute approximate surface area is 200 Å². The number of rotatable bonds is 10. The number of hydrogen-bond donors (Lipinski definition) is 0. The summed E-state index contributed by atoms with van der Waals surface area (Å²) in [4.78, 5) is 2.28. The Morgan fingerprint density at radius 3 is 1.21 bits per heavy atom. The molecule has 0 N–H and O–H groups in total. The Balaban J connectivity index is 1.36. The van der Waals surface area contributed by atoms with Crippen LogP contribution in [0.15, 0.2) is 144 Å². The van der Waals surface area contributed by atoms with E-state index in [0.717, 1.165) is 32.4 Å². The largest absolute Gasteiger partial charge is 0.482 e. The molecule has 0 radical (unpaired) electrons. The second-order valence-corrected chi connectivity index (χ2v) is 8.56. The van der Waals surface area contributed by atoms with Gasteiger partial charge in [-0.15, -0.1) is 0 Å². The van der Waals surface area contributed by atoms with Crippen molar-refractivity contribution in [2.45, 2.75) is 22.0 Å². The third kappa shape index (κ3) is 6.18. The summed E-state index contributed by atoms with van der Waals surface area (Å²) in [6.45, 7) is 7.82. The van der Waals surface area contributed by atoms with Gasteiger partial charge in [0.25, 0.3) is 0 Å². The Hall–Kier alpha value is -3.69. The molecule has 0 aromatic heterocycles. The lowest BCUT2D eigenvalue weighted by molar-refractivity contribution is 0.255. The Morgan fingerprint density at radius 1 is 0.515 bits per heavy atom. The lowest BCUT2D eigenvalue weighted by Gasteiger charge is -2.16. The minimum atomic E-state index is -0.174. The van der Waals surface area contributed by atoms with Crippen molar-refractivity contribution in [3.05, 3.63) is 146 Å². The first-order valence-electron chi connectivity index (χ1n) is 10.8. The van der Waals surface area contributed by atoms with Gasteiger partial charge in [0, 0.05) is 9.79 Å². The van der Waals surface area contributed by atoms with Crippen molar-refractivity contribution in [1.82, 2.24) is 0 Å². The molecule has 2 nitrogen and oxygen atoms in total. The van der Waals surface area contributed by atoms with E-state index in [9.17, 15) is 0 Å². The molecule has 4 aromatic rings. The Morgan fingerprint density at radius 2 is 0.879 bits per heavy atom. The molecule has 0 saturated heterocycles. The molecule has 2 unspecified atom stereocenters. The van der Waals surface area contributed by atoms with Gasteiger partial charge in [-0.1, -0.05) is 85.6 Å². The zero-order chi connectivity index (χ0) is 22.9. The van der Waals surface area contributed by atoms with E-state index in [1.54, 1.807) is 11.8 Å². The van der Waals surface area contributed by atoms with Crippen LogP contribution >= 0.6 is 11.8 Å². The maximum absolute atomic E-state index is 6.10. The molecule has 3 heteroatoms. The van der Waals surface area contributed by atoms with Gasteiger partial charge < -0.3 is 9.47 Å². The SMILES string of the molecule is C=CC(Oc1ccc(Sc2ccc(OC(C=C)c3ccccc3)cc2)cc1)c1ccccc1. The van der Waals surface area contributed by atoms with E-state index in [1.807, 2.05) is 97.1 Å². The average Bonchev–Trinajstić information content (AvgIpc) is 2.89. The molecule has 0 spiro atoms. The predicted molar refractivity (Wildman–Crippen MR) is 137 cm³/mol. The summed E-state index contributed by atoms with van der Waals surface area (Å²) < 4.78 is 12.2. The summed E-state index contributed by atoms with van der Waals surface area (Å²) in [5.74, 6) is 1.63. The molecule has 0 aliphatic heterocycles. The molecule has 0 heterocycles. The normalized spacial score (nSPS) is 12.4. The van der Waals surface area contributed by atoms with E-state index in [4.69, 9.17) is 9.47 Å². The van der Waals surface area contributed by atoms with Gasteiger partial charge >= 0.3 is 0 Å². The Kier molecular flexibility index (Phi) is 7.68. The van der Waals surface area contributed by atoms with Crippen molar-refractivity contribution in [1.29, 1.82) is 0 Å². The molecule has 2 atom stereocenters. The van der Waals surface area contributed by atoms with Crippen molar-refractivity contribution >= 4 is 11.8 Å². The predicted octanol–water partition coefficient (Wildman–Crippen LogP) is 8.45. The fraction of sp³-hybridized carbons (Fsp3) is 0.0667. The van der Waals surface area contributed by atoms with Crippen molar-refractivity contribution in [2.24, 2.45) is 0 Å². The molecule has 33 heavy (non-hydrogen) atoms. The summed E-state index contributed by atoms with van der Waals surface area (Å²) >= 11 is 1.70. The van der Waals surface area contributed by atoms with Crippen molar-refractivity contribution in [3.63, 3.8) is 0 Å². The molecule has 0 aliphatic rings. The smallest absolute Gasteiger partial charge is 0.142 e. The number of ether oxygens (including phenoxy) is 2. The maximum atomic E-state index is 6.10. The highest BCUT2D eigenvalue weighted by atomic mass is 32.2. The van der Waals surface area contributed by atoms with Gasteiger partial charge in [-0.05, 0) is 71.8 Å². The Bertz CT molecular complexity index is 1060. The minimum absolute atomic E-state index is 0.174. The molecule has 164 valence electrons. The van der Waals surface area contributed by atoms with Gasteiger partial charge in [0.1, 0.15) is 23.7 Å². The highest BCUT2D eigenvalue weighted by molar-refractivity contribution is 7.99. The molecule has 0 bridgehead atoms. The first-order chi connectivity index (χ1) is 16.2. The van der Waals surface area contributed by atoms with Crippen LogP contribution < -0.4 is 9.47 Å². The van der Waals surface area contributed by atoms with Crippen molar-refractivity contribution in [3.8, 4) is 11.5 Å². The van der Waals surface area contributed by atoms with E-state index < -0.39 is 0 Å². The molecule has 0 saturated carbocycles. The summed E-state index contributed by atoms with van der Waals surface area (Å²) in [5.41, 5.74) is 2.17. The quantitative estimate of drug-likeness (QED) is 0.226. The van der Waals surface area contributed by atoms with Crippen molar-refractivity contribution < 1.29 is 9.47 Å². The molecular formula is C30H26O2S. The molecule has 0 amide bonds. The molecular weight excluding hydrogens is 424 g/mol. The lowest BCUT2D eigenvalue weighted by Crippen LogP contribution is -2.04. The first kappa shape index (κ1) is 22.5. The zero-order valence-corrected chi connectivity index (χ0v) is 19.2. The van der Waals surface area contributed by atoms with Crippen LogP contribution in [0.5, 0.6) is 11.5 Å². The fourth-order valence-electron chi connectivity index (χ4n) is 3.39. The second-order valence-electron chi connectivity index (χ2n) is 7.41. The monoisotopic (exact) mass is 450 g/mol. The van der Waals surface area contributed by atoms with E-state index in [-0.39, 0.29) is 12.2 Å². The minimum Gasteiger partial charge on any atom is -0.482 e. The van der Waals surface area contributed by atoms with Crippen LogP contribution in [0.3, 0.4) is 0 Å². The van der Waals surface area contributed by atoms with Gasteiger partial charge in [0.15, 0.2) is 0 Å². The zero-order valence-electron chi connectivity index (χ0n) is 18.3. The summed E-state index contributed by atoms with van der Waals surface area (Å²) in [7, 11) is 0. The third-order valence-corrected chi connectivity index (χ3v) is 6.11. The molecule has 0 aliphatic carbocycles.